The molecule has 0 aliphatic rings. The SMILES string of the molecule is CC(C)(C)c1ccccc1-c1nnc(-c2ccccc2C(C)(C)C)s1. The number of nitrogens with zero attached hydrogens (tertiary/aromatic N) is 2. The van der Waals surface area contributed by atoms with E-state index in [0.717, 1.165) is 10.0 Å². The van der Waals surface area contributed by atoms with Crippen LogP contribution >= 0.6 is 11.3 Å². The molecule has 0 bridgehead atoms. The third kappa shape index (κ3) is 3.67. The number of hydrogen-bond donors (Lipinski definition) is 0. The first-order valence-electron chi connectivity index (χ1n) is 8.71. The first kappa shape index (κ1) is 17.8. The molecule has 0 saturated carbocycles. The highest BCUT2D eigenvalue weighted by molar-refractivity contribution is 7.18. The van der Waals surface area contributed by atoms with Gasteiger partial charge in [0.25, 0.3) is 0 Å². The molecular formula is C22H26N2S. The second-order valence-corrected chi connectivity index (χ2v) is 9.48. The second-order valence-electron chi connectivity index (χ2n) is 8.50. The highest BCUT2D eigenvalue weighted by Gasteiger charge is 2.23. The quantitative estimate of drug-likeness (QED) is 0.529. The van der Waals surface area contributed by atoms with E-state index in [4.69, 9.17) is 0 Å². The molecule has 0 atom stereocenters. The van der Waals surface area contributed by atoms with E-state index in [1.54, 1.807) is 11.3 Å². The average molecular weight is 351 g/mol. The lowest BCUT2D eigenvalue weighted by molar-refractivity contribution is 0.591. The third-order valence-electron chi connectivity index (χ3n) is 4.36. The summed E-state index contributed by atoms with van der Waals surface area (Å²) in [6.07, 6.45) is 0. The molecule has 2 nitrogen and oxygen atoms in total. The van der Waals surface area contributed by atoms with Gasteiger partial charge in [-0.3, -0.25) is 0 Å². The smallest absolute Gasteiger partial charge is 0.138 e. The van der Waals surface area contributed by atoms with Gasteiger partial charge in [-0.25, -0.2) is 0 Å². The maximum atomic E-state index is 4.53. The molecule has 0 amide bonds. The summed E-state index contributed by atoms with van der Waals surface area (Å²) in [6, 6.07) is 17.0. The van der Waals surface area contributed by atoms with Crippen LogP contribution in [0.1, 0.15) is 52.7 Å². The van der Waals surface area contributed by atoms with Gasteiger partial charge in [0.1, 0.15) is 10.0 Å². The fraction of sp³-hybridized carbons (Fsp3) is 0.364. The zero-order valence-corrected chi connectivity index (χ0v) is 16.7. The molecule has 3 aromatic rings. The molecule has 1 heterocycles. The average Bonchev–Trinajstić information content (AvgIpc) is 3.03. The Morgan fingerprint density at radius 2 is 0.960 bits per heavy atom. The van der Waals surface area contributed by atoms with Crippen molar-refractivity contribution in [3.8, 4) is 21.1 Å². The highest BCUT2D eigenvalue weighted by Crippen LogP contribution is 2.39. The van der Waals surface area contributed by atoms with Crippen molar-refractivity contribution in [3.63, 3.8) is 0 Å². The molecule has 0 spiro atoms. The van der Waals surface area contributed by atoms with Crippen molar-refractivity contribution >= 4 is 11.3 Å². The van der Waals surface area contributed by atoms with E-state index in [-0.39, 0.29) is 10.8 Å². The van der Waals surface area contributed by atoms with Crippen molar-refractivity contribution in [1.29, 1.82) is 0 Å². The predicted octanol–water partition coefficient (Wildman–Crippen LogP) is 6.47. The molecule has 3 heteroatoms. The Morgan fingerprint density at radius 3 is 1.32 bits per heavy atom. The monoisotopic (exact) mass is 350 g/mol. The molecule has 0 aliphatic carbocycles. The van der Waals surface area contributed by atoms with E-state index in [1.807, 2.05) is 0 Å². The van der Waals surface area contributed by atoms with Crippen molar-refractivity contribution in [3.05, 3.63) is 59.7 Å². The Morgan fingerprint density at radius 1 is 0.600 bits per heavy atom. The van der Waals surface area contributed by atoms with Gasteiger partial charge in [0.15, 0.2) is 0 Å². The highest BCUT2D eigenvalue weighted by atomic mass is 32.1. The van der Waals surface area contributed by atoms with E-state index < -0.39 is 0 Å². The minimum absolute atomic E-state index is 0.0751. The van der Waals surface area contributed by atoms with Gasteiger partial charge in [0.2, 0.25) is 0 Å². The van der Waals surface area contributed by atoms with E-state index in [9.17, 15) is 0 Å². The van der Waals surface area contributed by atoms with Gasteiger partial charge in [-0.15, -0.1) is 10.2 Å². The maximum absolute atomic E-state index is 4.53. The fourth-order valence-electron chi connectivity index (χ4n) is 3.09. The van der Waals surface area contributed by atoms with Gasteiger partial charge in [-0.2, -0.15) is 0 Å². The summed E-state index contributed by atoms with van der Waals surface area (Å²) < 4.78 is 0. The minimum atomic E-state index is 0.0751. The molecule has 2 aromatic carbocycles. The molecule has 130 valence electrons. The topological polar surface area (TPSA) is 25.8 Å². The molecule has 0 unspecified atom stereocenters. The van der Waals surface area contributed by atoms with Gasteiger partial charge in [-0.05, 0) is 22.0 Å². The summed E-state index contributed by atoms with van der Waals surface area (Å²) in [5.41, 5.74) is 5.14. The van der Waals surface area contributed by atoms with E-state index >= 15 is 0 Å². The summed E-state index contributed by atoms with van der Waals surface area (Å²) in [7, 11) is 0. The van der Waals surface area contributed by atoms with Crippen LogP contribution in [0.3, 0.4) is 0 Å². The Hall–Kier alpha value is -2.00. The zero-order chi connectivity index (χ0) is 18.2. The first-order chi connectivity index (χ1) is 11.7. The van der Waals surface area contributed by atoms with Crippen molar-refractivity contribution in [2.75, 3.05) is 0 Å². The van der Waals surface area contributed by atoms with Crippen LogP contribution in [-0.4, -0.2) is 10.2 Å². The molecule has 0 aliphatic heterocycles. The maximum Gasteiger partial charge on any atom is 0.148 e. The van der Waals surface area contributed by atoms with Crippen molar-refractivity contribution in [2.45, 2.75) is 52.4 Å². The fourth-order valence-corrected chi connectivity index (χ4v) is 4.01. The van der Waals surface area contributed by atoms with Gasteiger partial charge < -0.3 is 0 Å². The van der Waals surface area contributed by atoms with E-state index in [0.29, 0.717) is 0 Å². The minimum Gasteiger partial charge on any atom is -0.138 e. The lowest BCUT2D eigenvalue weighted by atomic mass is 9.84. The number of aromatic nitrogens is 2. The van der Waals surface area contributed by atoms with Crippen LogP contribution in [0, 0.1) is 0 Å². The standard InChI is InChI=1S/C22H26N2S/c1-21(2,3)17-13-9-7-11-15(17)19-23-24-20(25-19)16-12-8-10-14-18(16)22(4,5)6/h7-14H,1-6H3. The van der Waals surface area contributed by atoms with E-state index in [2.05, 4.69) is 100 Å². The predicted molar refractivity (Wildman–Crippen MR) is 108 cm³/mol. The summed E-state index contributed by atoms with van der Waals surface area (Å²) in [4.78, 5) is 0. The number of hydrogen-bond acceptors (Lipinski definition) is 3. The molecule has 25 heavy (non-hydrogen) atoms. The zero-order valence-electron chi connectivity index (χ0n) is 15.9. The van der Waals surface area contributed by atoms with Gasteiger partial charge in [0.05, 0.1) is 0 Å². The summed E-state index contributed by atoms with van der Waals surface area (Å²) >= 11 is 1.68. The van der Waals surface area contributed by atoms with Crippen LogP contribution in [0.2, 0.25) is 0 Å². The van der Waals surface area contributed by atoms with E-state index in [1.165, 1.54) is 22.3 Å². The van der Waals surface area contributed by atoms with Gasteiger partial charge in [0, 0.05) is 11.1 Å². The number of benzene rings is 2. The van der Waals surface area contributed by atoms with Crippen molar-refractivity contribution in [1.82, 2.24) is 10.2 Å². The first-order valence-corrected chi connectivity index (χ1v) is 9.53. The molecule has 1 aromatic heterocycles. The summed E-state index contributed by atoms with van der Waals surface area (Å²) in [6.45, 7) is 13.4. The Bertz CT molecular complexity index is 807. The molecule has 3 rings (SSSR count). The summed E-state index contributed by atoms with van der Waals surface area (Å²) in [5, 5.41) is 11.0. The lowest BCUT2D eigenvalue weighted by Gasteiger charge is -2.22. The summed E-state index contributed by atoms with van der Waals surface area (Å²) in [5.74, 6) is 0. The van der Waals surface area contributed by atoms with Gasteiger partial charge in [-0.1, -0.05) is 101 Å². The van der Waals surface area contributed by atoms with Crippen LogP contribution in [0.5, 0.6) is 0 Å². The lowest BCUT2D eigenvalue weighted by Crippen LogP contribution is -2.12. The van der Waals surface area contributed by atoms with Crippen molar-refractivity contribution < 1.29 is 0 Å². The third-order valence-corrected chi connectivity index (χ3v) is 5.35. The molecule has 0 saturated heterocycles. The second kappa shape index (κ2) is 6.38. The molecular weight excluding hydrogens is 324 g/mol. The van der Waals surface area contributed by atoms with Crippen LogP contribution in [0.15, 0.2) is 48.5 Å². The number of rotatable bonds is 2. The van der Waals surface area contributed by atoms with Crippen LogP contribution in [-0.2, 0) is 10.8 Å². The van der Waals surface area contributed by atoms with Crippen LogP contribution in [0.25, 0.3) is 21.1 Å². The Labute approximate surface area is 155 Å². The largest absolute Gasteiger partial charge is 0.148 e. The van der Waals surface area contributed by atoms with Crippen LogP contribution < -0.4 is 0 Å². The normalized spacial score (nSPS) is 12.4. The Balaban J connectivity index is 2.10. The molecule has 0 N–H and O–H groups in total. The molecule has 0 radical (unpaired) electrons. The van der Waals surface area contributed by atoms with Crippen LogP contribution in [0.4, 0.5) is 0 Å². The Kier molecular flexibility index (Phi) is 4.54. The molecule has 0 fully saturated rings. The van der Waals surface area contributed by atoms with Crippen molar-refractivity contribution in [2.24, 2.45) is 0 Å². The van der Waals surface area contributed by atoms with Gasteiger partial charge >= 0.3 is 0 Å².